The molecule has 0 bridgehead atoms. The minimum Gasteiger partial charge on any atom is -0.495 e. The Hall–Kier alpha value is -0.850. The van der Waals surface area contributed by atoms with Gasteiger partial charge in [-0.1, -0.05) is 47.8 Å². The fraction of sp³-hybridized carbons (Fsp3) is 0.133. The Kier molecular flexibility index (Phi) is 5.46. The molecule has 0 heterocycles. The molecule has 0 radical (unpaired) electrons. The first-order valence-corrected chi connectivity index (χ1v) is 8.40. The van der Waals surface area contributed by atoms with Crippen molar-refractivity contribution in [3.63, 3.8) is 0 Å². The maximum atomic E-state index is 12.4. The summed E-state index contributed by atoms with van der Waals surface area (Å²) >= 11 is 10.2. The second-order valence-corrected chi connectivity index (χ2v) is 7.16. The van der Waals surface area contributed by atoms with E-state index >= 15 is 0 Å². The highest BCUT2D eigenvalue weighted by Crippen LogP contribution is 2.32. The van der Waals surface area contributed by atoms with Crippen LogP contribution < -0.4 is 10.1 Å². The van der Waals surface area contributed by atoms with Crippen LogP contribution in [0.4, 0.5) is 5.69 Å². The van der Waals surface area contributed by atoms with Crippen LogP contribution in [-0.4, -0.2) is 13.0 Å². The molecule has 2 rings (SSSR count). The summed E-state index contributed by atoms with van der Waals surface area (Å²) in [5.41, 5.74) is 2.14. The van der Waals surface area contributed by atoms with Crippen molar-refractivity contribution in [2.75, 3.05) is 12.4 Å². The monoisotopic (exact) mass is 475 g/mol. The molecule has 0 aromatic heterocycles. The first kappa shape index (κ1) is 16.5. The van der Waals surface area contributed by atoms with Gasteiger partial charge in [0.2, 0.25) is 0 Å². The lowest BCUT2D eigenvalue weighted by Crippen LogP contribution is -2.13. The quantitative estimate of drug-likeness (QED) is 0.630. The van der Waals surface area contributed by atoms with E-state index in [1.165, 1.54) is 0 Å². The SMILES string of the molecule is COc1cc(Br)cc(C)c1NC(=O)c1cc(Br)cc(Br)c1. The number of halogens is 3. The van der Waals surface area contributed by atoms with Crippen LogP contribution in [0.5, 0.6) is 5.75 Å². The summed E-state index contributed by atoms with van der Waals surface area (Å²) in [6.45, 7) is 1.92. The van der Waals surface area contributed by atoms with Gasteiger partial charge < -0.3 is 10.1 Å². The molecule has 0 aliphatic carbocycles. The third-order valence-electron chi connectivity index (χ3n) is 2.85. The number of ether oxygens (including phenoxy) is 1. The average molecular weight is 478 g/mol. The molecule has 21 heavy (non-hydrogen) atoms. The lowest BCUT2D eigenvalue weighted by Gasteiger charge is -2.14. The largest absolute Gasteiger partial charge is 0.495 e. The zero-order valence-corrected chi connectivity index (χ0v) is 16.1. The Bertz CT molecular complexity index is 681. The van der Waals surface area contributed by atoms with E-state index in [-0.39, 0.29) is 5.91 Å². The van der Waals surface area contributed by atoms with E-state index in [2.05, 4.69) is 53.1 Å². The molecule has 1 N–H and O–H groups in total. The van der Waals surface area contributed by atoms with Gasteiger partial charge in [0.25, 0.3) is 5.91 Å². The maximum absolute atomic E-state index is 12.4. The highest BCUT2D eigenvalue weighted by atomic mass is 79.9. The van der Waals surface area contributed by atoms with E-state index in [1.54, 1.807) is 19.2 Å². The van der Waals surface area contributed by atoms with E-state index in [0.717, 1.165) is 19.0 Å². The molecular weight excluding hydrogens is 466 g/mol. The van der Waals surface area contributed by atoms with Gasteiger partial charge in [0.15, 0.2) is 0 Å². The molecule has 6 heteroatoms. The normalized spacial score (nSPS) is 10.3. The smallest absolute Gasteiger partial charge is 0.255 e. The molecule has 1 amide bonds. The van der Waals surface area contributed by atoms with Crippen molar-refractivity contribution in [1.82, 2.24) is 0 Å². The Morgan fingerprint density at radius 2 is 1.57 bits per heavy atom. The van der Waals surface area contributed by atoms with Gasteiger partial charge in [0.1, 0.15) is 5.75 Å². The van der Waals surface area contributed by atoms with Gasteiger partial charge in [-0.3, -0.25) is 4.79 Å². The number of anilines is 1. The summed E-state index contributed by atoms with van der Waals surface area (Å²) in [5.74, 6) is 0.421. The minimum atomic E-state index is -0.194. The van der Waals surface area contributed by atoms with Crippen LogP contribution in [0.15, 0.2) is 43.7 Å². The summed E-state index contributed by atoms with van der Waals surface area (Å²) in [5, 5.41) is 2.90. The van der Waals surface area contributed by atoms with Crippen LogP contribution in [0.2, 0.25) is 0 Å². The number of methoxy groups -OCH3 is 1. The highest BCUT2D eigenvalue weighted by molar-refractivity contribution is 9.11. The third-order valence-corrected chi connectivity index (χ3v) is 4.22. The van der Waals surface area contributed by atoms with Crippen LogP contribution in [-0.2, 0) is 0 Å². The zero-order chi connectivity index (χ0) is 15.6. The van der Waals surface area contributed by atoms with Gasteiger partial charge >= 0.3 is 0 Å². The second kappa shape index (κ2) is 6.94. The predicted octanol–water partition coefficient (Wildman–Crippen LogP) is 5.54. The average Bonchev–Trinajstić information content (AvgIpc) is 2.40. The number of hydrogen-bond donors (Lipinski definition) is 1. The molecule has 3 nitrogen and oxygen atoms in total. The standard InChI is InChI=1S/C15H12Br3NO2/c1-8-3-10(16)7-13(21-2)14(8)19-15(20)9-4-11(17)6-12(18)5-9/h3-7H,1-2H3,(H,19,20). The van der Waals surface area contributed by atoms with Crippen molar-refractivity contribution in [2.45, 2.75) is 6.92 Å². The number of carbonyl (C=O) groups is 1. The minimum absolute atomic E-state index is 0.194. The van der Waals surface area contributed by atoms with Crippen molar-refractivity contribution in [2.24, 2.45) is 0 Å². The molecule has 0 aliphatic heterocycles. The van der Waals surface area contributed by atoms with E-state index < -0.39 is 0 Å². The van der Waals surface area contributed by atoms with Crippen molar-refractivity contribution >= 4 is 59.4 Å². The fourth-order valence-electron chi connectivity index (χ4n) is 1.90. The second-order valence-electron chi connectivity index (χ2n) is 4.41. The number of nitrogens with one attached hydrogen (secondary N) is 1. The van der Waals surface area contributed by atoms with Crippen LogP contribution in [0.3, 0.4) is 0 Å². The predicted molar refractivity (Wildman–Crippen MR) is 95.2 cm³/mol. The third kappa shape index (κ3) is 4.08. The summed E-state index contributed by atoms with van der Waals surface area (Å²) in [7, 11) is 1.58. The summed E-state index contributed by atoms with van der Waals surface area (Å²) in [4.78, 5) is 12.4. The molecule has 0 atom stereocenters. The van der Waals surface area contributed by atoms with Gasteiger partial charge in [-0.2, -0.15) is 0 Å². The van der Waals surface area contributed by atoms with Crippen molar-refractivity contribution in [3.8, 4) is 5.75 Å². The van der Waals surface area contributed by atoms with Gasteiger partial charge in [0, 0.05) is 19.0 Å². The highest BCUT2D eigenvalue weighted by Gasteiger charge is 2.14. The molecule has 0 saturated heterocycles. The first-order valence-electron chi connectivity index (χ1n) is 6.02. The number of aryl methyl sites for hydroxylation is 1. The maximum Gasteiger partial charge on any atom is 0.255 e. The zero-order valence-electron chi connectivity index (χ0n) is 11.3. The van der Waals surface area contributed by atoms with Crippen LogP contribution in [0.25, 0.3) is 0 Å². The summed E-state index contributed by atoms with van der Waals surface area (Å²) in [6, 6.07) is 9.15. The van der Waals surface area contributed by atoms with Gasteiger partial charge in [-0.15, -0.1) is 0 Å². The van der Waals surface area contributed by atoms with E-state index in [4.69, 9.17) is 4.74 Å². The van der Waals surface area contributed by atoms with E-state index in [1.807, 2.05) is 25.1 Å². The summed E-state index contributed by atoms with van der Waals surface area (Å²) < 4.78 is 7.90. The number of amides is 1. The fourth-order valence-corrected chi connectivity index (χ4v) is 3.75. The van der Waals surface area contributed by atoms with Crippen LogP contribution in [0, 0.1) is 6.92 Å². The lowest BCUT2D eigenvalue weighted by molar-refractivity contribution is 0.102. The van der Waals surface area contributed by atoms with Crippen molar-refractivity contribution in [3.05, 3.63) is 54.9 Å². The Morgan fingerprint density at radius 1 is 1.00 bits per heavy atom. The number of carbonyl (C=O) groups excluding carboxylic acids is 1. The molecule has 110 valence electrons. The first-order chi connectivity index (χ1) is 9.90. The molecular formula is C15H12Br3NO2. The molecule has 0 saturated carbocycles. The molecule has 0 aliphatic rings. The molecule has 2 aromatic carbocycles. The Morgan fingerprint density at radius 3 is 2.14 bits per heavy atom. The van der Waals surface area contributed by atoms with E-state index in [9.17, 15) is 4.79 Å². The van der Waals surface area contributed by atoms with Crippen LogP contribution in [0.1, 0.15) is 15.9 Å². The number of rotatable bonds is 3. The Labute approximate surface area is 148 Å². The molecule has 0 spiro atoms. The molecule has 2 aromatic rings. The van der Waals surface area contributed by atoms with Gasteiger partial charge in [-0.05, 0) is 42.8 Å². The van der Waals surface area contributed by atoms with Crippen molar-refractivity contribution in [1.29, 1.82) is 0 Å². The number of benzene rings is 2. The molecule has 0 unspecified atom stereocenters. The lowest BCUT2D eigenvalue weighted by atomic mass is 10.1. The summed E-state index contributed by atoms with van der Waals surface area (Å²) in [6.07, 6.45) is 0. The van der Waals surface area contributed by atoms with E-state index in [0.29, 0.717) is 17.0 Å². The van der Waals surface area contributed by atoms with Gasteiger partial charge in [-0.25, -0.2) is 0 Å². The van der Waals surface area contributed by atoms with Gasteiger partial charge in [0.05, 0.1) is 12.8 Å². The van der Waals surface area contributed by atoms with Crippen molar-refractivity contribution < 1.29 is 9.53 Å². The topological polar surface area (TPSA) is 38.3 Å². The van der Waals surface area contributed by atoms with Crippen LogP contribution >= 0.6 is 47.8 Å². The molecule has 0 fully saturated rings. The number of hydrogen-bond acceptors (Lipinski definition) is 2. The Balaban J connectivity index is 2.35.